The molecule has 1 heterocycles. The van der Waals surface area contributed by atoms with Gasteiger partial charge in [0.25, 0.3) is 0 Å². The molecule has 0 saturated carbocycles. The Labute approximate surface area is 298 Å². The summed E-state index contributed by atoms with van der Waals surface area (Å²) in [5.41, 5.74) is 14.0. The van der Waals surface area contributed by atoms with E-state index in [2.05, 4.69) is 187 Å². The third-order valence-corrected chi connectivity index (χ3v) is 10.2. The Morgan fingerprint density at radius 2 is 0.686 bits per heavy atom. The second-order valence-electron chi connectivity index (χ2n) is 13.1. The van der Waals surface area contributed by atoms with Crippen LogP contribution in [0.4, 0.5) is 21.5 Å². The minimum atomic E-state index is -0.672. The van der Waals surface area contributed by atoms with Crippen LogP contribution in [0.25, 0.3) is 33.4 Å². The molecular weight excluding hydrogens is 622 g/mol. The number of benzene rings is 8. The van der Waals surface area contributed by atoms with E-state index in [1.165, 1.54) is 33.4 Å². The first kappa shape index (κ1) is 30.5. The Kier molecular flexibility index (Phi) is 7.63. The molecule has 8 aromatic carbocycles. The van der Waals surface area contributed by atoms with Crippen LogP contribution in [0.3, 0.4) is 0 Å². The first-order valence-electron chi connectivity index (χ1n) is 17.4. The van der Waals surface area contributed by atoms with E-state index in [-0.39, 0.29) is 5.82 Å². The molecule has 0 bridgehead atoms. The molecule has 1 nitrogen and oxygen atoms in total. The summed E-state index contributed by atoms with van der Waals surface area (Å²) >= 11 is 0. The van der Waals surface area contributed by atoms with E-state index >= 15 is 0 Å². The van der Waals surface area contributed by atoms with Crippen molar-refractivity contribution in [3.05, 3.63) is 234 Å². The molecule has 0 aliphatic carbocycles. The first-order chi connectivity index (χ1) is 25.2. The third-order valence-electron chi connectivity index (χ3n) is 10.2. The zero-order valence-electron chi connectivity index (χ0n) is 28.0. The van der Waals surface area contributed by atoms with E-state index in [9.17, 15) is 4.39 Å². The summed E-state index contributed by atoms with van der Waals surface area (Å²) in [4.78, 5) is 2.41. The molecule has 1 aliphatic heterocycles. The molecule has 0 fully saturated rings. The van der Waals surface area contributed by atoms with Gasteiger partial charge >= 0.3 is 0 Å². The van der Waals surface area contributed by atoms with Crippen LogP contribution in [-0.2, 0) is 5.41 Å². The summed E-state index contributed by atoms with van der Waals surface area (Å²) in [5.74, 6) is -0.243. The van der Waals surface area contributed by atoms with Crippen molar-refractivity contribution < 1.29 is 4.39 Å². The summed E-state index contributed by atoms with van der Waals surface area (Å²) < 4.78 is 14.2. The normalized spacial score (nSPS) is 12.9. The van der Waals surface area contributed by atoms with Gasteiger partial charge in [-0.3, -0.25) is 0 Å². The molecule has 0 amide bonds. The van der Waals surface area contributed by atoms with Crippen molar-refractivity contribution >= 4 is 17.1 Å². The highest BCUT2D eigenvalue weighted by atomic mass is 19.1. The van der Waals surface area contributed by atoms with Gasteiger partial charge in [-0.25, -0.2) is 4.39 Å². The standard InChI is InChI=1S/C49H34FN/c50-43-27-21-38(22-28-43)40-26-32-48-46(34-40)49(41-17-9-3-10-18-41,42-19-11-4-12-20-42)45-33-39(36-15-7-2-8-16-36)25-31-47(45)51(48)44-29-23-37(24-30-44)35-13-5-1-6-14-35/h1-34H. The highest BCUT2D eigenvalue weighted by molar-refractivity contribution is 5.92. The molecule has 0 N–H and O–H groups in total. The molecule has 1 aliphatic rings. The lowest BCUT2D eigenvalue weighted by atomic mass is 9.62. The molecule has 51 heavy (non-hydrogen) atoms. The van der Waals surface area contributed by atoms with Gasteiger partial charge in [0, 0.05) is 5.69 Å². The van der Waals surface area contributed by atoms with Gasteiger partial charge in [0.2, 0.25) is 0 Å². The average Bonchev–Trinajstić information content (AvgIpc) is 3.21. The maximum atomic E-state index is 14.2. The van der Waals surface area contributed by atoms with Crippen LogP contribution >= 0.6 is 0 Å². The van der Waals surface area contributed by atoms with Crippen molar-refractivity contribution in [2.45, 2.75) is 5.41 Å². The van der Waals surface area contributed by atoms with E-state index in [0.29, 0.717) is 0 Å². The Morgan fingerprint density at radius 3 is 1.16 bits per heavy atom. The zero-order valence-corrected chi connectivity index (χ0v) is 28.0. The first-order valence-corrected chi connectivity index (χ1v) is 17.4. The van der Waals surface area contributed by atoms with Gasteiger partial charge in [-0.1, -0.05) is 158 Å². The summed E-state index contributed by atoms with van der Waals surface area (Å²) in [5, 5.41) is 0. The molecule has 0 atom stereocenters. The molecule has 0 unspecified atom stereocenters. The van der Waals surface area contributed by atoms with Crippen LogP contribution in [0, 0.1) is 5.82 Å². The van der Waals surface area contributed by atoms with E-state index in [4.69, 9.17) is 0 Å². The smallest absolute Gasteiger partial charge is 0.123 e. The quantitative estimate of drug-likeness (QED) is 0.172. The van der Waals surface area contributed by atoms with Gasteiger partial charge in [0.15, 0.2) is 0 Å². The third kappa shape index (κ3) is 5.24. The molecule has 0 spiro atoms. The maximum Gasteiger partial charge on any atom is 0.123 e. The number of hydrogen-bond donors (Lipinski definition) is 0. The Bertz CT molecular complexity index is 2400. The number of halogens is 1. The lowest BCUT2D eigenvalue weighted by Crippen LogP contribution is -2.37. The van der Waals surface area contributed by atoms with Crippen LogP contribution in [0.15, 0.2) is 206 Å². The minimum Gasteiger partial charge on any atom is -0.310 e. The summed E-state index contributed by atoms with van der Waals surface area (Å²) in [6.07, 6.45) is 0. The molecule has 242 valence electrons. The topological polar surface area (TPSA) is 3.24 Å². The molecule has 8 aromatic rings. The monoisotopic (exact) mass is 655 g/mol. The van der Waals surface area contributed by atoms with Crippen LogP contribution in [0.5, 0.6) is 0 Å². The largest absolute Gasteiger partial charge is 0.310 e. The fraction of sp³-hybridized carbons (Fsp3) is 0.0204. The maximum absolute atomic E-state index is 14.2. The lowest BCUT2D eigenvalue weighted by molar-refractivity contribution is 0.628. The number of fused-ring (bicyclic) bond motifs is 2. The minimum absolute atomic E-state index is 0.243. The number of hydrogen-bond acceptors (Lipinski definition) is 1. The van der Waals surface area contributed by atoms with Gasteiger partial charge in [-0.2, -0.15) is 0 Å². The predicted molar refractivity (Wildman–Crippen MR) is 209 cm³/mol. The Morgan fingerprint density at radius 1 is 0.333 bits per heavy atom. The fourth-order valence-electron chi connectivity index (χ4n) is 7.85. The van der Waals surface area contributed by atoms with Crippen LogP contribution in [-0.4, -0.2) is 0 Å². The lowest BCUT2D eigenvalue weighted by Gasteiger charge is -2.47. The van der Waals surface area contributed by atoms with Gasteiger partial charge in [0.05, 0.1) is 16.8 Å². The van der Waals surface area contributed by atoms with Crippen LogP contribution < -0.4 is 4.90 Å². The molecule has 9 rings (SSSR count). The second kappa shape index (κ2) is 12.7. The predicted octanol–water partition coefficient (Wildman–Crippen LogP) is 13.0. The Balaban J connectivity index is 1.38. The summed E-state index contributed by atoms with van der Waals surface area (Å²) in [6.45, 7) is 0. The van der Waals surface area contributed by atoms with Crippen molar-refractivity contribution in [1.29, 1.82) is 0 Å². The summed E-state index contributed by atoms with van der Waals surface area (Å²) in [7, 11) is 0. The van der Waals surface area contributed by atoms with Crippen LogP contribution in [0.1, 0.15) is 22.3 Å². The highest BCUT2D eigenvalue weighted by Crippen LogP contribution is 2.59. The van der Waals surface area contributed by atoms with Gasteiger partial charge < -0.3 is 4.90 Å². The number of nitrogens with zero attached hydrogens (tertiary/aromatic N) is 1. The summed E-state index contributed by atoms with van der Waals surface area (Å²) in [6, 6.07) is 72.2. The number of anilines is 3. The highest BCUT2D eigenvalue weighted by Gasteiger charge is 2.46. The van der Waals surface area contributed by atoms with E-state index in [1.807, 2.05) is 12.1 Å². The SMILES string of the molecule is Fc1ccc(-c2ccc3c(c2)C(c2ccccc2)(c2ccccc2)c2cc(-c4ccccc4)ccc2N3c2ccc(-c3ccccc3)cc2)cc1. The molecule has 0 aromatic heterocycles. The zero-order chi connectivity index (χ0) is 34.2. The fourth-order valence-corrected chi connectivity index (χ4v) is 7.85. The van der Waals surface area contributed by atoms with Crippen molar-refractivity contribution in [3.63, 3.8) is 0 Å². The van der Waals surface area contributed by atoms with Gasteiger partial charge in [-0.05, 0) is 104 Å². The molecule has 0 saturated heterocycles. The van der Waals surface area contributed by atoms with Crippen molar-refractivity contribution in [1.82, 2.24) is 0 Å². The van der Waals surface area contributed by atoms with E-state index in [0.717, 1.165) is 39.3 Å². The van der Waals surface area contributed by atoms with Crippen molar-refractivity contribution in [3.8, 4) is 33.4 Å². The van der Waals surface area contributed by atoms with Crippen LogP contribution in [0.2, 0.25) is 0 Å². The van der Waals surface area contributed by atoms with Gasteiger partial charge in [0.1, 0.15) is 5.82 Å². The molecule has 2 heteroatoms. The van der Waals surface area contributed by atoms with Gasteiger partial charge in [-0.15, -0.1) is 0 Å². The van der Waals surface area contributed by atoms with E-state index < -0.39 is 5.41 Å². The molecule has 0 radical (unpaired) electrons. The van der Waals surface area contributed by atoms with E-state index in [1.54, 1.807) is 12.1 Å². The van der Waals surface area contributed by atoms with Crippen molar-refractivity contribution in [2.24, 2.45) is 0 Å². The Hall–Kier alpha value is -6.51. The number of rotatable bonds is 6. The second-order valence-corrected chi connectivity index (χ2v) is 13.1. The average molecular weight is 656 g/mol. The van der Waals surface area contributed by atoms with Crippen molar-refractivity contribution in [2.75, 3.05) is 4.90 Å². The molecular formula is C49H34FN.